The summed E-state index contributed by atoms with van der Waals surface area (Å²) in [4.78, 5) is 11.7. The van der Waals surface area contributed by atoms with Gasteiger partial charge in [-0.3, -0.25) is 4.79 Å². The lowest BCUT2D eigenvalue weighted by Gasteiger charge is -2.02. The Balaban J connectivity index is 2.48. The minimum Gasteiger partial charge on any atom is -0.294 e. The summed E-state index contributed by atoms with van der Waals surface area (Å²) in [6.45, 7) is 0. The van der Waals surface area contributed by atoms with Crippen LogP contribution in [0.1, 0.15) is 36.0 Å². The number of benzene rings is 1. The number of carbonyl (C=O) groups excluding carboxylic acids is 1. The molecule has 15 heavy (non-hydrogen) atoms. The molecule has 0 saturated carbocycles. The summed E-state index contributed by atoms with van der Waals surface area (Å²) >= 11 is 2.17. The molecule has 0 amide bonds. The van der Waals surface area contributed by atoms with Crippen LogP contribution in [-0.4, -0.2) is 5.78 Å². The van der Waals surface area contributed by atoms with Crippen molar-refractivity contribution in [3.05, 3.63) is 33.4 Å². The Morgan fingerprint density at radius 2 is 2.07 bits per heavy atom. The molecule has 0 N–H and O–H groups in total. The van der Waals surface area contributed by atoms with Crippen molar-refractivity contribution in [3.8, 4) is 6.07 Å². The minimum atomic E-state index is 0.179. The molecule has 0 aliphatic rings. The number of halogens is 1. The molecule has 0 unspecified atom stereocenters. The van der Waals surface area contributed by atoms with Crippen molar-refractivity contribution in [1.29, 1.82) is 5.26 Å². The second-order valence-electron chi connectivity index (χ2n) is 3.27. The average Bonchev–Trinajstić information content (AvgIpc) is 2.25. The van der Waals surface area contributed by atoms with Crippen LogP contribution in [-0.2, 0) is 0 Å². The Hall–Kier alpha value is -0.890. The van der Waals surface area contributed by atoms with E-state index >= 15 is 0 Å². The largest absolute Gasteiger partial charge is 0.294 e. The molecule has 0 spiro atoms. The van der Waals surface area contributed by atoms with Crippen molar-refractivity contribution in [2.24, 2.45) is 0 Å². The predicted molar refractivity (Wildman–Crippen MR) is 67.6 cm³/mol. The standard InChI is InChI=1S/C12H12INO/c13-11-7-4-3-6-10(11)12(15)8-2-1-5-9-14/h3-4,6-7H,1-2,5,8H2. The van der Waals surface area contributed by atoms with Gasteiger partial charge in [0.05, 0.1) is 6.07 Å². The highest BCUT2D eigenvalue weighted by atomic mass is 127. The van der Waals surface area contributed by atoms with Crippen LogP contribution in [0.15, 0.2) is 24.3 Å². The van der Waals surface area contributed by atoms with Gasteiger partial charge in [0, 0.05) is 22.0 Å². The van der Waals surface area contributed by atoms with Crippen LogP contribution in [0.3, 0.4) is 0 Å². The molecule has 0 aromatic heterocycles. The number of rotatable bonds is 5. The number of carbonyl (C=O) groups is 1. The summed E-state index contributed by atoms with van der Waals surface area (Å²) in [5.74, 6) is 0.179. The van der Waals surface area contributed by atoms with Crippen LogP contribution in [0.4, 0.5) is 0 Å². The number of unbranched alkanes of at least 4 members (excludes halogenated alkanes) is 2. The fraction of sp³-hybridized carbons (Fsp3) is 0.333. The third-order valence-electron chi connectivity index (χ3n) is 2.12. The van der Waals surface area contributed by atoms with Gasteiger partial charge >= 0.3 is 0 Å². The van der Waals surface area contributed by atoms with E-state index in [1.807, 2.05) is 24.3 Å². The SMILES string of the molecule is N#CCCCCC(=O)c1ccccc1I. The van der Waals surface area contributed by atoms with Crippen LogP contribution < -0.4 is 0 Å². The normalized spacial score (nSPS) is 9.60. The Morgan fingerprint density at radius 3 is 2.73 bits per heavy atom. The maximum atomic E-state index is 11.7. The van der Waals surface area contributed by atoms with Crippen molar-refractivity contribution in [2.75, 3.05) is 0 Å². The van der Waals surface area contributed by atoms with E-state index < -0.39 is 0 Å². The number of ketones is 1. The smallest absolute Gasteiger partial charge is 0.163 e. The third-order valence-corrected chi connectivity index (χ3v) is 3.06. The Labute approximate surface area is 103 Å². The van der Waals surface area contributed by atoms with Crippen molar-refractivity contribution < 1.29 is 4.79 Å². The first-order chi connectivity index (χ1) is 7.25. The number of hydrogen-bond donors (Lipinski definition) is 0. The van der Waals surface area contributed by atoms with E-state index in [2.05, 4.69) is 28.7 Å². The van der Waals surface area contributed by atoms with Crippen LogP contribution in [0, 0.1) is 14.9 Å². The van der Waals surface area contributed by atoms with Gasteiger partial charge in [-0.2, -0.15) is 5.26 Å². The number of nitriles is 1. The molecular formula is C12H12INO. The van der Waals surface area contributed by atoms with Gasteiger partial charge in [0.2, 0.25) is 0 Å². The van der Waals surface area contributed by atoms with E-state index in [9.17, 15) is 4.79 Å². The zero-order chi connectivity index (χ0) is 11.1. The van der Waals surface area contributed by atoms with Gasteiger partial charge in [0.25, 0.3) is 0 Å². The summed E-state index contributed by atoms with van der Waals surface area (Å²) < 4.78 is 1.00. The Kier molecular flexibility index (Phi) is 5.33. The van der Waals surface area contributed by atoms with Gasteiger partial charge in [0.15, 0.2) is 5.78 Å². The zero-order valence-electron chi connectivity index (χ0n) is 8.37. The molecule has 0 fully saturated rings. The molecular weight excluding hydrogens is 301 g/mol. The van der Waals surface area contributed by atoms with Gasteiger partial charge in [0.1, 0.15) is 0 Å². The van der Waals surface area contributed by atoms with Crippen LogP contribution >= 0.6 is 22.6 Å². The van der Waals surface area contributed by atoms with Crippen LogP contribution in [0.2, 0.25) is 0 Å². The van der Waals surface area contributed by atoms with Crippen molar-refractivity contribution in [1.82, 2.24) is 0 Å². The third kappa shape index (κ3) is 4.00. The molecule has 1 aromatic carbocycles. The van der Waals surface area contributed by atoms with Gasteiger partial charge in [-0.15, -0.1) is 0 Å². The molecule has 2 nitrogen and oxygen atoms in total. The molecule has 0 heterocycles. The molecule has 0 saturated heterocycles. The van der Waals surface area contributed by atoms with Gasteiger partial charge in [-0.05, 0) is 41.5 Å². The quantitative estimate of drug-likeness (QED) is 0.474. The molecule has 0 atom stereocenters. The van der Waals surface area contributed by atoms with Gasteiger partial charge in [-0.1, -0.05) is 18.2 Å². The first-order valence-corrected chi connectivity index (χ1v) is 5.98. The molecule has 0 aliphatic heterocycles. The van der Waals surface area contributed by atoms with Crippen LogP contribution in [0.5, 0.6) is 0 Å². The molecule has 0 radical (unpaired) electrons. The molecule has 1 aromatic rings. The lowest BCUT2D eigenvalue weighted by Crippen LogP contribution is -2.01. The van der Waals surface area contributed by atoms with Crippen molar-refractivity contribution >= 4 is 28.4 Å². The Bertz CT molecular complexity index is 381. The fourth-order valence-electron chi connectivity index (χ4n) is 1.31. The highest BCUT2D eigenvalue weighted by Gasteiger charge is 2.08. The van der Waals surface area contributed by atoms with Gasteiger partial charge < -0.3 is 0 Å². The maximum absolute atomic E-state index is 11.7. The van der Waals surface area contributed by atoms with Crippen molar-refractivity contribution in [2.45, 2.75) is 25.7 Å². The number of nitrogens with zero attached hydrogens (tertiary/aromatic N) is 1. The minimum absolute atomic E-state index is 0.179. The average molecular weight is 313 g/mol. The first kappa shape index (κ1) is 12.2. The monoisotopic (exact) mass is 313 g/mol. The summed E-state index contributed by atoms with van der Waals surface area (Å²) in [5, 5.41) is 8.36. The van der Waals surface area contributed by atoms with E-state index in [1.54, 1.807) is 0 Å². The highest BCUT2D eigenvalue weighted by molar-refractivity contribution is 14.1. The zero-order valence-corrected chi connectivity index (χ0v) is 10.5. The summed E-state index contributed by atoms with van der Waals surface area (Å²) in [6, 6.07) is 9.67. The number of Topliss-reactive ketones (excluding diaryl/α,β-unsaturated/α-hetero) is 1. The summed E-state index contributed by atoms with van der Waals surface area (Å²) in [6.07, 6.45) is 2.70. The molecule has 0 aliphatic carbocycles. The second kappa shape index (κ2) is 6.57. The second-order valence-corrected chi connectivity index (χ2v) is 4.43. The van der Waals surface area contributed by atoms with E-state index in [0.29, 0.717) is 12.8 Å². The summed E-state index contributed by atoms with van der Waals surface area (Å²) in [7, 11) is 0. The van der Waals surface area contributed by atoms with Gasteiger partial charge in [-0.25, -0.2) is 0 Å². The van der Waals surface area contributed by atoms with Crippen molar-refractivity contribution in [3.63, 3.8) is 0 Å². The number of hydrogen-bond acceptors (Lipinski definition) is 2. The predicted octanol–water partition coefficient (Wildman–Crippen LogP) is 3.56. The van der Waals surface area contributed by atoms with E-state index in [1.165, 1.54) is 0 Å². The Morgan fingerprint density at radius 1 is 1.33 bits per heavy atom. The topological polar surface area (TPSA) is 40.9 Å². The lowest BCUT2D eigenvalue weighted by atomic mass is 10.1. The maximum Gasteiger partial charge on any atom is 0.163 e. The molecule has 1 rings (SSSR count). The molecule has 78 valence electrons. The van der Waals surface area contributed by atoms with Crippen LogP contribution in [0.25, 0.3) is 0 Å². The first-order valence-electron chi connectivity index (χ1n) is 4.90. The van der Waals surface area contributed by atoms with E-state index in [4.69, 9.17) is 5.26 Å². The molecule has 0 bridgehead atoms. The lowest BCUT2D eigenvalue weighted by molar-refractivity contribution is 0.0978. The highest BCUT2D eigenvalue weighted by Crippen LogP contribution is 2.15. The fourth-order valence-corrected chi connectivity index (χ4v) is 2.00. The summed E-state index contributed by atoms with van der Waals surface area (Å²) in [5.41, 5.74) is 0.801. The molecule has 3 heteroatoms. The van der Waals surface area contributed by atoms with E-state index in [-0.39, 0.29) is 5.78 Å². The van der Waals surface area contributed by atoms with E-state index in [0.717, 1.165) is 22.0 Å².